The van der Waals surface area contributed by atoms with Crippen molar-refractivity contribution in [2.45, 2.75) is 13.8 Å². The smallest absolute Gasteiger partial charge is 0.0489 e. The molecule has 0 aliphatic heterocycles. The molecular weight excluding hydrogens is 857 g/mol. The van der Waals surface area contributed by atoms with E-state index >= 15 is 0 Å². The van der Waals surface area contributed by atoms with Gasteiger partial charge in [0.15, 0.2) is 0 Å². The molecule has 1 aromatic heterocycles. The van der Waals surface area contributed by atoms with Crippen LogP contribution in [0.4, 0.5) is 17.1 Å². The van der Waals surface area contributed by atoms with E-state index in [-0.39, 0.29) is 0 Å². The normalized spacial score (nSPS) is 11.3. The fraction of sp³-hybridized carbons (Fsp3) is 0.0435. The predicted octanol–water partition coefficient (Wildman–Crippen LogP) is 19.1. The van der Waals surface area contributed by atoms with Crippen molar-refractivity contribution in [2.75, 3.05) is 4.90 Å². The lowest BCUT2D eigenvalue weighted by Gasteiger charge is -2.25. The third-order valence-corrected chi connectivity index (χ3v) is 14.4. The molecule has 0 saturated heterocycles. The van der Waals surface area contributed by atoms with Crippen molar-refractivity contribution < 1.29 is 0 Å². The molecule has 0 aliphatic rings. The number of hydrogen-bond donors (Lipinski definition) is 0. The van der Waals surface area contributed by atoms with Gasteiger partial charge in [-0.3, -0.25) is 0 Å². The van der Waals surface area contributed by atoms with E-state index in [1.807, 2.05) is 0 Å². The van der Waals surface area contributed by atoms with Crippen LogP contribution in [0.2, 0.25) is 0 Å². The molecule has 0 aliphatic carbocycles. The Labute approximate surface area is 417 Å². The van der Waals surface area contributed by atoms with E-state index < -0.39 is 0 Å². The van der Waals surface area contributed by atoms with Crippen LogP contribution in [0.15, 0.2) is 261 Å². The number of fused-ring (bicyclic) bond motifs is 3. The van der Waals surface area contributed by atoms with Crippen LogP contribution in [-0.4, -0.2) is 4.57 Å². The highest BCUT2D eigenvalue weighted by atomic mass is 15.1. The summed E-state index contributed by atoms with van der Waals surface area (Å²) < 4.78 is 2.32. The Morgan fingerprint density at radius 3 is 0.958 bits per heavy atom. The predicted molar refractivity (Wildman–Crippen MR) is 303 cm³/mol. The lowest BCUT2D eigenvalue weighted by atomic mass is 9.92. The molecular formula is C69H52N2. The van der Waals surface area contributed by atoms with Crippen LogP contribution >= 0.6 is 0 Å². The van der Waals surface area contributed by atoms with Crippen molar-refractivity contribution >= 4 is 38.9 Å². The summed E-state index contributed by atoms with van der Waals surface area (Å²) in [6.07, 6.45) is 0. The Hall–Kier alpha value is -8.98. The maximum Gasteiger partial charge on any atom is 0.0489 e. The van der Waals surface area contributed by atoms with Gasteiger partial charge in [-0.2, -0.15) is 0 Å². The summed E-state index contributed by atoms with van der Waals surface area (Å²) in [4.78, 5) is 2.29. The minimum absolute atomic E-state index is 1.12. The summed E-state index contributed by atoms with van der Waals surface area (Å²) in [5.74, 6) is 0. The Balaban J connectivity index is 0.753. The van der Waals surface area contributed by atoms with Gasteiger partial charge >= 0.3 is 0 Å². The zero-order chi connectivity index (χ0) is 47.8. The van der Waals surface area contributed by atoms with Gasteiger partial charge in [0.2, 0.25) is 0 Å². The van der Waals surface area contributed by atoms with Gasteiger partial charge in [-0.1, -0.05) is 194 Å². The monoisotopic (exact) mass is 908 g/mol. The van der Waals surface area contributed by atoms with Gasteiger partial charge in [-0.15, -0.1) is 0 Å². The first-order valence-corrected chi connectivity index (χ1v) is 24.5. The molecule has 12 rings (SSSR count). The topological polar surface area (TPSA) is 8.17 Å². The summed E-state index contributed by atoms with van der Waals surface area (Å²) in [5.41, 5.74) is 25.5. The van der Waals surface area contributed by atoms with Gasteiger partial charge in [0.1, 0.15) is 0 Å². The molecule has 0 radical (unpaired) electrons. The standard InChI is InChI=1S/C69H52N2/c1-47-12-10-11-17-64(47)65-44-58(19-18-48(65)2)55-30-24-51(25-31-55)52-28-34-57(35-29-52)60-39-43-69-67(46-60)66-45-59(38-42-68(66)70(69)3)56-32-26-50(27-33-56)49-20-22-53(23-21-49)54-36-40-63(41-37-54)71(61-13-6-4-7-14-61)62-15-8-5-9-16-62/h4-46H,1-3H3. The van der Waals surface area contributed by atoms with Crippen molar-refractivity contribution in [3.05, 3.63) is 272 Å². The summed E-state index contributed by atoms with van der Waals surface area (Å²) >= 11 is 0. The number of nitrogens with zero attached hydrogens (tertiary/aromatic N) is 2. The fourth-order valence-electron chi connectivity index (χ4n) is 10.4. The molecule has 338 valence electrons. The van der Waals surface area contributed by atoms with Crippen molar-refractivity contribution in [3.8, 4) is 77.9 Å². The van der Waals surface area contributed by atoms with E-state index in [0.29, 0.717) is 0 Å². The van der Waals surface area contributed by atoms with E-state index in [1.54, 1.807) is 0 Å². The number of benzene rings is 11. The van der Waals surface area contributed by atoms with Gasteiger partial charge in [0.25, 0.3) is 0 Å². The highest BCUT2D eigenvalue weighted by Gasteiger charge is 2.15. The molecule has 0 bridgehead atoms. The van der Waals surface area contributed by atoms with Crippen LogP contribution in [0.3, 0.4) is 0 Å². The second-order valence-corrected chi connectivity index (χ2v) is 18.7. The maximum atomic E-state index is 2.36. The third-order valence-electron chi connectivity index (χ3n) is 14.4. The lowest BCUT2D eigenvalue weighted by Crippen LogP contribution is -2.09. The number of rotatable bonds is 10. The second-order valence-electron chi connectivity index (χ2n) is 18.7. The molecule has 1 heterocycles. The van der Waals surface area contributed by atoms with Crippen LogP contribution < -0.4 is 4.90 Å². The summed E-state index contributed by atoms with van der Waals surface area (Å²) in [6, 6.07) is 95.1. The molecule has 2 heteroatoms. The molecule has 0 spiro atoms. The largest absolute Gasteiger partial charge is 0.344 e. The van der Waals surface area contributed by atoms with Gasteiger partial charge in [-0.25, -0.2) is 0 Å². The van der Waals surface area contributed by atoms with Crippen LogP contribution in [0.25, 0.3) is 99.7 Å². The number of aromatic nitrogens is 1. The lowest BCUT2D eigenvalue weighted by molar-refractivity contribution is 1.01. The zero-order valence-electron chi connectivity index (χ0n) is 40.2. The molecule has 0 amide bonds. The van der Waals surface area contributed by atoms with Gasteiger partial charge in [-0.05, 0) is 170 Å². The van der Waals surface area contributed by atoms with E-state index in [4.69, 9.17) is 0 Å². The summed E-state index contributed by atoms with van der Waals surface area (Å²) in [6.45, 7) is 4.39. The maximum absolute atomic E-state index is 2.36. The molecule has 0 N–H and O–H groups in total. The fourth-order valence-corrected chi connectivity index (χ4v) is 10.4. The Kier molecular flexibility index (Phi) is 11.3. The number of para-hydroxylation sites is 2. The highest BCUT2D eigenvalue weighted by molar-refractivity contribution is 6.10. The first-order valence-electron chi connectivity index (χ1n) is 24.5. The third kappa shape index (κ3) is 8.41. The van der Waals surface area contributed by atoms with Crippen LogP contribution in [-0.2, 0) is 7.05 Å². The molecule has 0 atom stereocenters. The van der Waals surface area contributed by atoms with Gasteiger partial charge in [0.05, 0.1) is 0 Å². The summed E-state index contributed by atoms with van der Waals surface area (Å²) in [5, 5.41) is 2.53. The molecule has 11 aromatic carbocycles. The van der Waals surface area contributed by atoms with E-state index in [0.717, 1.165) is 17.1 Å². The Bertz CT molecular complexity index is 3790. The molecule has 0 unspecified atom stereocenters. The highest BCUT2D eigenvalue weighted by Crippen LogP contribution is 2.39. The zero-order valence-corrected chi connectivity index (χ0v) is 40.2. The van der Waals surface area contributed by atoms with Crippen LogP contribution in [0.1, 0.15) is 11.1 Å². The van der Waals surface area contributed by atoms with Crippen molar-refractivity contribution in [1.29, 1.82) is 0 Å². The number of hydrogen-bond acceptors (Lipinski definition) is 1. The molecule has 12 aromatic rings. The molecule has 71 heavy (non-hydrogen) atoms. The van der Waals surface area contributed by atoms with E-state index in [2.05, 4.69) is 291 Å². The summed E-state index contributed by atoms with van der Waals surface area (Å²) in [7, 11) is 2.17. The van der Waals surface area contributed by atoms with Gasteiger partial charge < -0.3 is 9.47 Å². The first kappa shape index (κ1) is 43.3. The first-order chi connectivity index (χ1) is 34.9. The minimum Gasteiger partial charge on any atom is -0.344 e. The quantitative estimate of drug-likeness (QED) is 0.133. The number of anilines is 3. The van der Waals surface area contributed by atoms with Crippen molar-refractivity contribution in [3.63, 3.8) is 0 Å². The average molecular weight is 909 g/mol. The number of aryl methyl sites for hydroxylation is 3. The molecule has 2 nitrogen and oxygen atoms in total. The van der Waals surface area contributed by atoms with Crippen molar-refractivity contribution in [2.24, 2.45) is 7.05 Å². The SMILES string of the molecule is Cc1ccccc1-c1cc(-c2ccc(-c3ccc(-c4ccc5c(c4)c4cc(-c6ccc(-c7ccc(-c8ccc(N(c9ccccc9)c9ccccc9)cc8)cc7)cc6)ccc4n5C)cc3)cc2)ccc1C. The molecule has 0 fully saturated rings. The second kappa shape index (κ2) is 18.5. The van der Waals surface area contributed by atoms with Gasteiger partial charge in [0, 0.05) is 45.9 Å². The minimum atomic E-state index is 1.12. The Morgan fingerprint density at radius 1 is 0.254 bits per heavy atom. The molecule has 0 saturated carbocycles. The average Bonchev–Trinajstić information content (AvgIpc) is 3.72. The van der Waals surface area contributed by atoms with E-state index in [9.17, 15) is 0 Å². The van der Waals surface area contributed by atoms with E-state index in [1.165, 1.54) is 111 Å². The van der Waals surface area contributed by atoms with Crippen molar-refractivity contribution in [1.82, 2.24) is 4.57 Å². The Morgan fingerprint density at radius 2 is 0.549 bits per heavy atom. The van der Waals surface area contributed by atoms with Crippen LogP contribution in [0.5, 0.6) is 0 Å². The van der Waals surface area contributed by atoms with Crippen LogP contribution in [0, 0.1) is 13.8 Å².